The van der Waals surface area contributed by atoms with E-state index >= 15 is 0 Å². The number of hydrogen-bond donors (Lipinski definition) is 0. The van der Waals surface area contributed by atoms with E-state index in [-0.39, 0.29) is 21.7 Å². The van der Waals surface area contributed by atoms with Gasteiger partial charge in [-0.1, -0.05) is 268 Å². The van der Waals surface area contributed by atoms with E-state index in [1.165, 1.54) is 172 Å². The van der Waals surface area contributed by atoms with Crippen molar-refractivity contribution >= 4 is 21.9 Å². The first-order valence-electron chi connectivity index (χ1n) is 33.4. The van der Waals surface area contributed by atoms with Gasteiger partial charge in [-0.15, -0.1) is 0 Å². The molecule has 5 aliphatic carbocycles. The van der Waals surface area contributed by atoms with Gasteiger partial charge >= 0.3 is 0 Å². The average molecular weight is 1190 g/mol. The lowest BCUT2D eigenvalue weighted by atomic mass is 9.65. The lowest BCUT2D eigenvalue weighted by Gasteiger charge is -2.36. The second-order valence-corrected chi connectivity index (χ2v) is 29.4. The lowest BCUT2D eigenvalue weighted by molar-refractivity contribution is 0.660. The second-order valence-electron chi connectivity index (χ2n) is 29.4. The van der Waals surface area contributed by atoms with Crippen LogP contribution in [0.2, 0.25) is 0 Å². The van der Waals surface area contributed by atoms with Gasteiger partial charge in [0.25, 0.3) is 0 Å². The van der Waals surface area contributed by atoms with Crippen LogP contribution in [-0.4, -0.2) is 0 Å². The summed E-state index contributed by atoms with van der Waals surface area (Å²) in [5, 5.41) is 2.29. The molecule has 13 aromatic carbocycles. The van der Waals surface area contributed by atoms with Gasteiger partial charge in [-0.05, 0) is 228 Å². The Morgan fingerprint density at radius 3 is 0.946 bits per heavy atom. The molecule has 93 heavy (non-hydrogen) atoms. The summed E-state index contributed by atoms with van der Waals surface area (Å²) < 4.78 is 6.97. The Morgan fingerprint density at radius 2 is 0.548 bits per heavy atom. The molecule has 1 heteroatoms. The first-order chi connectivity index (χ1) is 45.1. The summed E-state index contributed by atoms with van der Waals surface area (Å²) in [5.74, 6) is 0. The van der Waals surface area contributed by atoms with Crippen LogP contribution in [0, 0.1) is 6.92 Å². The third kappa shape index (κ3) is 7.02. The number of fused-ring (bicyclic) bond motifs is 19. The van der Waals surface area contributed by atoms with Crippen molar-refractivity contribution in [2.24, 2.45) is 0 Å². The van der Waals surface area contributed by atoms with Gasteiger partial charge in [-0.2, -0.15) is 0 Å². The van der Waals surface area contributed by atoms with Gasteiger partial charge in [0.15, 0.2) is 0 Å². The van der Waals surface area contributed by atoms with Crippen LogP contribution in [0.1, 0.15) is 128 Å². The SMILES string of the molecule is Cc1cccc2c1-c1c(ccc3oc4ccccc4c13)C2(c1cc(-c2cccc3c2-c2ccccc2C3(C)C)cc(-c2cccc3c2-c2ccccc2C3(C)C)c1)c1cc(-c2cccc3c2-c2ccccc2C3(C)C)cc(-c2cccc3c2-c2ccccc2C3(C)C)c1. The Hall–Kier alpha value is -10.3. The zero-order valence-electron chi connectivity index (χ0n) is 54.2. The van der Waals surface area contributed by atoms with E-state index in [0.29, 0.717) is 0 Å². The summed E-state index contributed by atoms with van der Waals surface area (Å²) in [5.41, 5.74) is 40.0. The van der Waals surface area contributed by atoms with E-state index in [0.717, 1.165) is 21.9 Å². The summed E-state index contributed by atoms with van der Waals surface area (Å²) in [6, 6.07) is 101. The van der Waals surface area contributed by atoms with E-state index in [9.17, 15) is 0 Å². The summed E-state index contributed by atoms with van der Waals surface area (Å²) in [4.78, 5) is 0. The van der Waals surface area contributed by atoms with Crippen LogP contribution in [0.15, 0.2) is 265 Å². The maximum Gasteiger partial charge on any atom is 0.136 e. The van der Waals surface area contributed by atoms with Crippen molar-refractivity contribution in [1.29, 1.82) is 0 Å². The first kappa shape index (κ1) is 54.4. The third-order valence-electron chi connectivity index (χ3n) is 23.3. The number of furan rings is 1. The van der Waals surface area contributed by atoms with Gasteiger partial charge in [0.2, 0.25) is 0 Å². The molecule has 19 rings (SSSR count). The van der Waals surface area contributed by atoms with Crippen LogP contribution >= 0.6 is 0 Å². The minimum atomic E-state index is -0.923. The fourth-order valence-electron chi connectivity index (χ4n) is 18.9. The quantitative estimate of drug-likeness (QED) is 0.162. The molecule has 0 atom stereocenters. The highest BCUT2D eigenvalue weighted by atomic mass is 16.3. The van der Waals surface area contributed by atoms with Gasteiger partial charge in [-0.3, -0.25) is 0 Å². The van der Waals surface area contributed by atoms with Crippen molar-refractivity contribution in [3.8, 4) is 100 Å². The number of hydrogen-bond acceptors (Lipinski definition) is 1. The average Bonchev–Trinajstić information content (AvgIpc) is 1.54. The molecular weight excluding hydrogens is 1120 g/mol. The first-order valence-corrected chi connectivity index (χ1v) is 33.4. The molecule has 14 aromatic rings. The lowest BCUT2D eigenvalue weighted by Crippen LogP contribution is -2.29. The predicted molar refractivity (Wildman–Crippen MR) is 388 cm³/mol. The molecule has 5 aliphatic rings. The maximum absolute atomic E-state index is 6.97. The number of para-hydroxylation sites is 1. The van der Waals surface area contributed by atoms with E-state index in [4.69, 9.17) is 4.42 Å². The molecule has 0 radical (unpaired) electrons. The fraction of sp³-hybridized carbons (Fsp3) is 0.152. The molecule has 1 heterocycles. The van der Waals surface area contributed by atoms with E-state index in [1.54, 1.807) is 0 Å². The summed E-state index contributed by atoms with van der Waals surface area (Å²) >= 11 is 0. The second kappa shape index (κ2) is 18.7. The minimum Gasteiger partial charge on any atom is -0.456 e. The highest BCUT2D eigenvalue weighted by molar-refractivity contribution is 6.16. The summed E-state index contributed by atoms with van der Waals surface area (Å²) in [7, 11) is 0. The van der Waals surface area contributed by atoms with Crippen molar-refractivity contribution in [2.75, 3.05) is 0 Å². The molecule has 0 saturated heterocycles. The zero-order valence-corrected chi connectivity index (χ0v) is 54.2. The van der Waals surface area contributed by atoms with Gasteiger partial charge in [0.05, 0.1) is 5.41 Å². The molecule has 0 saturated carbocycles. The molecule has 0 unspecified atom stereocenters. The van der Waals surface area contributed by atoms with Crippen LogP contribution in [0.5, 0.6) is 0 Å². The van der Waals surface area contributed by atoms with Crippen LogP contribution in [0.3, 0.4) is 0 Å². The molecule has 1 nitrogen and oxygen atoms in total. The summed E-state index contributed by atoms with van der Waals surface area (Å²) in [6.45, 7) is 21.6. The van der Waals surface area contributed by atoms with Crippen molar-refractivity contribution in [1.82, 2.24) is 0 Å². The highest BCUT2D eigenvalue weighted by Gasteiger charge is 2.50. The standard InChI is InChI=1S/C92H70O/c1-53-25-20-43-77-81(53)87-78(45-46-80-86(87)68-30-14-19-44-79(68)93-80)92(77,58-49-54(60-31-21-39-73-82(60)64-26-10-15-35-69(64)88(73,2)3)47-55(50-58)61-32-22-40-74-83(61)65-27-11-16-36-70(65)89(74,4)5)59-51-56(62-33-23-41-75-84(62)66-28-12-17-37-71(66)90(75,6)7)48-57(52-59)63-34-24-42-76-85(63)67-29-13-18-38-72(67)91(76,8)9/h10-52H,1-9H3. The van der Waals surface area contributed by atoms with Crippen LogP contribution < -0.4 is 0 Å². The number of rotatable bonds is 6. The smallest absolute Gasteiger partial charge is 0.136 e. The predicted octanol–water partition coefficient (Wildman–Crippen LogP) is 24.2. The van der Waals surface area contributed by atoms with Crippen molar-refractivity contribution < 1.29 is 4.42 Å². The highest BCUT2D eigenvalue weighted by Crippen LogP contribution is 2.64. The van der Waals surface area contributed by atoms with Gasteiger partial charge in [0, 0.05) is 32.4 Å². The van der Waals surface area contributed by atoms with Gasteiger partial charge in [0.1, 0.15) is 11.2 Å². The Morgan fingerprint density at radius 1 is 0.237 bits per heavy atom. The van der Waals surface area contributed by atoms with Crippen LogP contribution in [0.4, 0.5) is 0 Å². The number of benzene rings is 13. The third-order valence-corrected chi connectivity index (χ3v) is 23.3. The fourth-order valence-corrected chi connectivity index (χ4v) is 18.9. The topological polar surface area (TPSA) is 13.1 Å². The van der Waals surface area contributed by atoms with Crippen LogP contribution in [0.25, 0.3) is 122 Å². The summed E-state index contributed by atoms with van der Waals surface area (Å²) in [6.07, 6.45) is 0. The normalized spacial score (nSPS) is 16.0. The molecule has 0 fully saturated rings. The Balaban J connectivity index is 1.01. The zero-order chi connectivity index (χ0) is 62.8. The van der Waals surface area contributed by atoms with Crippen molar-refractivity contribution in [2.45, 2.75) is 89.4 Å². The molecule has 1 aromatic heterocycles. The molecular formula is C92H70O. The molecule has 0 spiro atoms. The Labute approximate surface area is 545 Å². The maximum atomic E-state index is 6.97. The van der Waals surface area contributed by atoms with Gasteiger partial charge in [-0.25, -0.2) is 0 Å². The number of aryl methyl sites for hydroxylation is 1. The Bertz CT molecular complexity index is 5140. The van der Waals surface area contributed by atoms with Crippen LogP contribution in [-0.2, 0) is 27.1 Å². The molecule has 0 aliphatic heterocycles. The minimum absolute atomic E-state index is 0.198. The molecule has 0 N–H and O–H groups in total. The van der Waals surface area contributed by atoms with E-state index in [2.05, 4.69) is 323 Å². The van der Waals surface area contributed by atoms with Gasteiger partial charge < -0.3 is 4.42 Å². The van der Waals surface area contributed by atoms with E-state index in [1.807, 2.05) is 0 Å². The van der Waals surface area contributed by atoms with Crippen molar-refractivity contribution in [3.63, 3.8) is 0 Å². The molecule has 0 amide bonds. The van der Waals surface area contributed by atoms with Crippen molar-refractivity contribution in [3.05, 3.63) is 333 Å². The molecule has 0 bridgehead atoms. The Kier molecular flexibility index (Phi) is 10.9. The molecule has 444 valence electrons. The monoisotopic (exact) mass is 1190 g/mol. The largest absolute Gasteiger partial charge is 0.456 e. The van der Waals surface area contributed by atoms with E-state index < -0.39 is 5.41 Å².